The smallest absolute Gasteiger partial charge is 0.227 e. The number of anilines is 1. The number of rotatable bonds is 10. The van der Waals surface area contributed by atoms with Crippen LogP contribution in [0.5, 0.6) is 0 Å². The lowest BCUT2D eigenvalue weighted by molar-refractivity contribution is -0.123. The molecule has 0 aliphatic heterocycles. The molecule has 1 aromatic carbocycles. The van der Waals surface area contributed by atoms with E-state index in [1.807, 2.05) is 31.3 Å². The Morgan fingerprint density at radius 1 is 1.09 bits per heavy atom. The molecule has 2 N–H and O–H groups in total. The lowest BCUT2D eigenvalue weighted by atomic mass is 9.88. The Hall–Kier alpha value is -3.65. The number of nitrogens with zero attached hydrogens (tertiary/aromatic N) is 5. The van der Waals surface area contributed by atoms with Crippen molar-refractivity contribution in [3.05, 3.63) is 71.8 Å². The average molecular weight is 473 g/mol. The quantitative estimate of drug-likeness (QED) is 0.354. The topological polar surface area (TPSA) is 105 Å². The maximum Gasteiger partial charge on any atom is 0.227 e. The molecule has 8 nitrogen and oxygen atoms in total. The van der Waals surface area contributed by atoms with Crippen molar-refractivity contribution in [2.45, 2.75) is 46.6 Å². The zero-order valence-corrected chi connectivity index (χ0v) is 20.6. The molecule has 3 heterocycles. The molecule has 4 rings (SSSR count). The van der Waals surface area contributed by atoms with Gasteiger partial charge >= 0.3 is 0 Å². The molecule has 182 valence electrons. The molecule has 0 saturated heterocycles. The Bertz CT molecular complexity index is 1280. The summed E-state index contributed by atoms with van der Waals surface area (Å²) in [4.78, 5) is 25.9. The third-order valence-electron chi connectivity index (χ3n) is 6.34. The number of ketones is 1. The van der Waals surface area contributed by atoms with Gasteiger partial charge in [0.1, 0.15) is 11.6 Å². The molecule has 8 heteroatoms. The van der Waals surface area contributed by atoms with Crippen LogP contribution in [0.25, 0.3) is 16.9 Å². The molecule has 2 atom stereocenters. The highest BCUT2D eigenvalue weighted by Crippen LogP contribution is 2.24. The lowest BCUT2D eigenvalue weighted by Gasteiger charge is -2.19. The van der Waals surface area contributed by atoms with Crippen molar-refractivity contribution < 1.29 is 9.90 Å². The molecule has 0 saturated carbocycles. The minimum atomic E-state index is -0.432. The first-order valence-corrected chi connectivity index (χ1v) is 12.0. The number of aliphatic hydroxyl groups is 1. The van der Waals surface area contributed by atoms with E-state index < -0.39 is 5.92 Å². The fraction of sp³-hybridized carbons (Fsp3) is 0.370. The minimum Gasteiger partial charge on any atom is -0.396 e. The molecule has 0 bridgehead atoms. The van der Waals surface area contributed by atoms with Crippen LogP contribution in [0.3, 0.4) is 0 Å². The fourth-order valence-electron chi connectivity index (χ4n) is 4.20. The highest BCUT2D eigenvalue weighted by molar-refractivity contribution is 5.78. The summed E-state index contributed by atoms with van der Waals surface area (Å²) in [6.45, 7) is 8.06. The average Bonchev–Trinajstić information content (AvgIpc) is 3.28. The Morgan fingerprint density at radius 3 is 2.49 bits per heavy atom. The van der Waals surface area contributed by atoms with Crippen LogP contribution in [-0.4, -0.2) is 42.1 Å². The summed E-state index contributed by atoms with van der Waals surface area (Å²) in [6.07, 6.45) is 4.11. The van der Waals surface area contributed by atoms with Crippen molar-refractivity contribution in [3.63, 3.8) is 0 Å². The summed E-state index contributed by atoms with van der Waals surface area (Å²) >= 11 is 0. The van der Waals surface area contributed by atoms with Crippen LogP contribution < -0.4 is 5.32 Å². The third-order valence-corrected chi connectivity index (χ3v) is 6.34. The van der Waals surface area contributed by atoms with Crippen LogP contribution >= 0.6 is 0 Å². The molecule has 0 spiro atoms. The predicted octanol–water partition coefficient (Wildman–Crippen LogP) is 4.30. The number of carbonyl (C=O) groups excluding carboxylic acids is 1. The molecule has 0 aliphatic carbocycles. The number of benzene rings is 1. The summed E-state index contributed by atoms with van der Waals surface area (Å²) in [5, 5.41) is 17.6. The van der Waals surface area contributed by atoms with Gasteiger partial charge in [0.15, 0.2) is 5.65 Å². The molecule has 0 radical (unpaired) electrons. The van der Waals surface area contributed by atoms with Crippen molar-refractivity contribution in [2.75, 3.05) is 11.9 Å². The van der Waals surface area contributed by atoms with E-state index in [1.54, 1.807) is 10.7 Å². The van der Waals surface area contributed by atoms with Gasteiger partial charge in [-0.2, -0.15) is 14.6 Å². The van der Waals surface area contributed by atoms with Gasteiger partial charge < -0.3 is 10.4 Å². The molecule has 0 fully saturated rings. The fourth-order valence-corrected chi connectivity index (χ4v) is 4.20. The van der Waals surface area contributed by atoms with Crippen molar-refractivity contribution in [2.24, 2.45) is 11.8 Å². The van der Waals surface area contributed by atoms with E-state index >= 15 is 0 Å². The Balaban J connectivity index is 1.59. The standard InChI is InChI=1S/C27H32N6O2/c1-17(2)22-15-30-33-26(22)31-25(13-18(3)23(16-34)19(4)35)32-27(33)29-14-20-8-10-21(11-9-20)24-7-5-6-12-28-24/h5-12,15,17-18,23,34H,13-14,16H2,1-4H3,(H,29,31,32). The Morgan fingerprint density at radius 2 is 1.86 bits per heavy atom. The summed E-state index contributed by atoms with van der Waals surface area (Å²) in [5.41, 5.74) is 4.89. The lowest BCUT2D eigenvalue weighted by Crippen LogP contribution is -2.26. The molecule has 4 aromatic rings. The first kappa shape index (κ1) is 24.5. The molecule has 0 amide bonds. The van der Waals surface area contributed by atoms with Crippen LogP contribution in [0.2, 0.25) is 0 Å². The van der Waals surface area contributed by atoms with E-state index in [0.717, 1.165) is 28.0 Å². The number of nitrogens with one attached hydrogen (secondary N) is 1. The van der Waals surface area contributed by atoms with Crippen molar-refractivity contribution in [1.82, 2.24) is 24.6 Å². The molecule has 0 aliphatic rings. The second-order valence-electron chi connectivity index (χ2n) is 9.30. The Kier molecular flexibility index (Phi) is 7.51. The van der Waals surface area contributed by atoms with Crippen LogP contribution in [0.1, 0.15) is 50.6 Å². The summed E-state index contributed by atoms with van der Waals surface area (Å²) in [6, 6.07) is 14.1. The second-order valence-corrected chi connectivity index (χ2v) is 9.30. The molecule has 35 heavy (non-hydrogen) atoms. The zero-order valence-electron chi connectivity index (χ0n) is 20.6. The first-order chi connectivity index (χ1) is 16.9. The number of Topliss-reactive ketones (excluding diaryl/α,β-unsaturated/α-hetero) is 1. The summed E-state index contributed by atoms with van der Waals surface area (Å²) in [5.74, 6) is 0.931. The van der Waals surface area contributed by atoms with Crippen molar-refractivity contribution in [3.8, 4) is 11.3 Å². The minimum absolute atomic E-state index is 0.0270. The number of aromatic nitrogens is 5. The number of hydrogen-bond acceptors (Lipinski definition) is 7. The van der Waals surface area contributed by atoms with Gasteiger partial charge in [0.2, 0.25) is 5.95 Å². The van der Waals surface area contributed by atoms with Crippen molar-refractivity contribution in [1.29, 1.82) is 0 Å². The number of hydrogen-bond donors (Lipinski definition) is 2. The van der Waals surface area contributed by atoms with Gasteiger partial charge in [0.05, 0.1) is 18.5 Å². The van der Waals surface area contributed by atoms with E-state index in [-0.39, 0.29) is 24.2 Å². The van der Waals surface area contributed by atoms with E-state index in [9.17, 15) is 9.90 Å². The molecular formula is C27H32N6O2. The Labute approximate surface area is 205 Å². The third kappa shape index (κ3) is 5.54. The van der Waals surface area contributed by atoms with Gasteiger partial charge in [-0.3, -0.25) is 9.78 Å². The number of fused-ring (bicyclic) bond motifs is 1. The summed E-state index contributed by atoms with van der Waals surface area (Å²) in [7, 11) is 0. The zero-order chi connectivity index (χ0) is 24.9. The largest absolute Gasteiger partial charge is 0.396 e. The van der Waals surface area contributed by atoms with Crippen molar-refractivity contribution >= 4 is 17.4 Å². The van der Waals surface area contributed by atoms with Crippen LogP contribution in [0.4, 0.5) is 5.95 Å². The summed E-state index contributed by atoms with van der Waals surface area (Å²) < 4.78 is 1.74. The molecule has 2 unspecified atom stereocenters. The number of carbonyl (C=O) groups is 1. The van der Waals surface area contributed by atoms with E-state index in [4.69, 9.17) is 9.97 Å². The van der Waals surface area contributed by atoms with Gasteiger partial charge in [0, 0.05) is 36.2 Å². The normalized spacial score (nSPS) is 13.2. The van der Waals surface area contributed by atoms with Gasteiger partial charge in [-0.05, 0) is 36.5 Å². The van der Waals surface area contributed by atoms with Gasteiger partial charge in [-0.25, -0.2) is 4.98 Å². The van der Waals surface area contributed by atoms with Crippen LogP contribution in [0.15, 0.2) is 54.9 Å². The van der Waals surface area contributed by atoms with Gasteiger partial charge in [-0.1, -0.05) is 51.1 Å². The van der Waals surface area contributed by atoms with E-state index in [0.29, 0.717) is 24.7 Å². The maximum absolute atomic E-state index is 11.9. The van der Waals surface area contributed by atoms with Crippen LogP contribution in [-0.2, 0) is 17.8 Å². The number of aliphatic hydroxyl groups excluding tert-OH is 1. The monoisotopic (exact) mass is 472 g/mol. The maximum atomic E-state index is 11.9. The molecule has 3 aromatic heterocycles. The van der Waals surface area contributed by atoms with Gasteiger partial charge in [0.25, 0.3) is 0 Å². The first-order valence-electron chi connectivity index (χ1n) is 12.0. The van der Waals surface area contributed by atoms with E-state index in [1.165, 1.54) is 6.92 Å². The SMILES string of the molecule is CC(=O)C(CO)C(C)Cc1nc(NCc2ccc(-c3ccccn3)cc2)n2ncc(C(C)C)c2n1. The van der Waals surface area contributed by atoms with E-state index in [2.05, 4.69) is 53.5 Å². The second kappa shape index (κ2) is 10.7. The highest BCUT2D eigenvalue weighted by atomic mass is 16.3. The number of pyridine rings is 1. The molecular weight excluding hydrogens is 440 g/mol. The predicted molar refractivity (Wildman–Crippen MR) is 136 cm³/mol. The van der Waals surface area contributed by atoms with Crippen LogP contribution in [0, 0.1) is 11.8 Å². The highest BCUT2D eigenvalue weighted by Gasteiger charge is 2.23. The van der Waals surface area contributed by atoms with Gasteiger partial charge in [-0.15, -0.1) is 0 Å².